The van der Waals surface area contributed by atoms with E-state index < -0.39 is 28.9 Å². The fraction of sp³-hybridized carbons (Fsp3) is 0.0526. The van der Waals surface area contributed by atoms with Crippen LogP contribution in [0.4, 0.5) is 18.9 Å². The third kappa shape index (κ3) is 4.28. The summed E-state index contributed by atoms with van der Waals surface area (Å²) in [6, 6.07) is 6.46. The first-order valence-electron chi connectivity index (χ1n) is 8.63. The summed E-state index contributed by atoms with van der Waals surface area (Å²) in [5.74, 6) is -3.47. The summed E-state index contributed by atoms with van der Waals surface area (Å²) in [4.78, 5) is 29.5. The van der Waals surface area contributed by atoms with Crippen molar-refractivity contribution < 1.29 is 18.0 Å². The second-order valence-electron chi connectivity index (χ2n) is 6.23. The Bertz CT molecular complexity index is 1370. The van der Waals surface area contributed by atoms with Crippen molar-refractivity contribution in [1.82, 2.24) is 19.7 Å². The molecule has 12 heteroatoms. The lowest BCUT2D eigenvalue weighted by atomic mass is 10.3. The van der Waals surface area contributed by atoms with Gasteiger partial charge in [-0.25, -0.2) is 18.2 Å². The number of hydrogen-bond acceptors (Lipinski definition) is 5. The molecule has 31 heavy (non-hydrogen) atoms. The van der Waals surface area contributed by atoms with Gasteiger partial charge in [-0.2, -0.15) is 5.10 Å². The molecule has 2 heterocycles. The van der Waals surface area contributed by atoms with E-state index in [1.165, 1.54) is 18.3 Å². The van der Waals surface area contributed by atoms with Crippen LogP contribution in [0.15, 0.2) is 52.5 Å². The molecule has 2 aromatic carbocycles. The van der Waals surface area contributed by atoms with E-state index in [9.17, 15) is 22.8 Å². The monoisotopic (exact) mass is 465 g/mol. The van der Waals surface area contributed by atoms with Crippen LogP contribution in [0.5, 0.6) is 0 Å². The van der Waals surface area contributed by atoms with Crippen LogP contribution in [0.1, 0.15) is 0 Å². The molecule has 0 atom stereocenters. The Hall–Kier alpha value is -3.31. The first-order valence-corrected chi connectivity index (χ1v) is 9.99. The van der Waals surface area contributed by atoms with Crippen molar-refractivity contribution in [1.29, 1.82) is 0 Å². The number of nitrogens with zero attached hydrogens (tertiary/aromatic N) is 3. The maximum absolute atomic E-state index is 13.8. The average molecular weight is 466 g/mol. The number of amides is 1. The highest BCUT2D eigenvalue weighted by molar-refractivity contribution is 7.99. The summed E-state index contributed by atoms with van der Waals surface area (Å²) < 4.78 is 41.3. The van der Waals surface area contributed by atoms with Gasteiger partial charge in [-0.3, -0.25) is 19.3 Å². The number of aromatic nitrogens is 4. The SMILES string of the molecule is O=C(CSc1nc2[nH]ncc2c(=O)n1-c1ccc(F)c(F)c1)Nc1ccc(F)cc1Cl. The summed E-state index contributed by atoms with van der Waals surface area (Å²) in [7, 11) is 0. The van der Waals surface area contributed by atoms with Gasteiger partial charge in [-0.05, 0) is 30.3 Å². The number of hydrogen-bond donors (Lipinski definition) is 2. The number of H-pyrrole nitrogens is 1. The highest BCUT2D eigenvalue weighted by Gasteiger charge is 2.17. The summed E-state index contributed by atoms with van der Waals surface area (Å²) in [5, 5.41) is 9.07. The zero-order valence-corrected chi connectivity index (χ0v) is 16.9. The molecule has 2 N–H and O–H groups in total. The summed E-state index contributed by atoms with van der Waals surface area (Å²) in [5.41, 5.74) is -0.157. The number of aromatic amines is 1. The minimum Gasteiger partial charge on any atom is -0.324 e. The second kappa shape index (κ2) is 8.44. The predicted octanol–water partition coefficient (Wildman–Crippen LogP) is 3.91. The van der Waals surface area contributed by atoms with E-state index in [1.807, 2.05) is 0 Å². The molecule has 158 valence electrons. The molecule has 0 aliphatic carbocycles. The van der Waals surface area contributed by atoms with Crippen LogP contribution in [0, 0.1) is 17.5 Å². The number of halogens is 4. The number of carbonyl (C=O) groups excluding carboxylic acids is 1. The number of rotatable bonds is 5. The van der Waals surface area contributed by atoms with Gasteiger partial charge in [-0.15, -0.1) is 0 Å². The molecule has 1 amide bonds. The fourth-order valence-corrected chi connectivity index (χ4v) is 3.75. The average Bonchev–Trinajstić information content (AvgIpc) is 3.20. The zero-order valence-electron chi connectivity index (χ0n) is 15.3. The number of anilines is 1. The molecule has 7 nitrogen and oxygen atoms in total. The summed E-state index contributed by atoms with van der Waals surface area (Å²) in [6.07, 6.45) is 1.26. The maximum Gasteiger partial charge on any atom is 0.269 e. The number of nitrogens with one attached hydrogen (secondary N) is 2. The van der Waals surface area contributed by atoms with Crippen molar-refractivity contribution in [2.75, 3.05) is 11.1 Å². The molecule has 0 unspecified atom stereocenters. The van der Waals surface area contributed by atoms with Crippen molar-refractivity contribution in [3.8, 4) is 5.69 Å². The predicted molar refractivity (Wildman–Crippen MR) is 110 cm³/mol. The van der Waals surface area contributed by atoms with Crippen LogP contribution in [0.25, 0.3) is 16.7 Å². The lowest BCUT2D eigenvalue weighted by Crippen LogP contribution is -2.23. The molecule has 0 bridgehead atoms. The Kier molecular flexibility index (Phi) is 5.70. The van der Waals surface area contributed by atoms with Gasteiger partial charge in [0.2, 0.25) is 5.91 Å². The summed E-state index contributed by atoms with van der Waals surface area (Å²) in [6.45, 7) is 0. The third-order valence-corrected chi connectivity index (χ3v) is 5.40. The van der Waals surface area contributed by atoms with Gasteiger partial charge in [0.05, 0.1) is 28.3 Å². The van der Waals surface area contributed by atoms with Gasteiger partial charge in [0.1, 0.15) is 11.2 Å². The van der Waals surface area contributed by atoms with E-state index in [0.717, 1.165) is 40.6 Å². The topological polar surface area (TPSA) is 92.7 Å². The molecule has 0 aliphatic rings. The van der Waals surface area contributed by atoms with Gasteiger partial charge < -0.3 is 5.32 Å². The number of carbonyl (C=O) groups is 1. The Morgan fingerprint density at radius 1 is 1.16 bits per heavy atom. The van der Waals surface area contributed by atoms with Crippen LogP contribution < -0.4 is 10.9 Å². The summed E-state index contributed by atoms with van der Waals surface area (Å²) >= 11 is 6.78. The first-order chi connectivity index (χ1) is 14.8. The van der Waals surface area contributed by atoms with Crippen LogP contribution in [-0.4, -0.2) is 31.4 Å². The second-order valence-corrected chi connectivity index (χ2v) is 7.58. The van der Waals surface area contributed by atoms with Crippen molar-refractivity contribution >= 4 is 46.0 Å². The number of benzene rings is 2. The van der Waals surface area contributed by atoms with Gasteiger partial charge in [0.15, 0.2) is 22.4 Å². The quantitative estimate of drug-likeness (QED) is 0.344. The fourth-order valence-electron chi connectivity index (χ4n) is 2.73. The minimum atomic E-state index is -1.14. The van der Waals surface area contributed by atoms with E-state index >= 15 is 0 Å². The smallest absolute Gasteiger partial charge is 0.269 e. The standard InChI is InChI=1S/C19H11ClF3N5O2S/c20-12-5-9(21)1-4-15(12)25-16(29)8-31-19-26-17-11(7-24-27-17)18(30)28(19)10-2-3-13(22)14(23)6-10/h1-7H,8H2,(H,24,27)(H,25,29). The van der Waals surface area contributed by atoms with Crippen LogP contribution in [-0.2, 0) is 4.79 Å². The normalized spacial score (nSPS) is 11.1. The number of fused-ring (bicyclic) bond motifs is 1. The molecule has 4 aromatic rings. The van der Waals surface area contributed by atoms with Gasteiger partial charge >= 0.3 is 0 Å². The van der Waals surface area contributed by atoms with Gasteiger partial charge in [-0.1, -0.05) is 23.4 Å². The van der Waals surface area contributed by atoms with Crippen molar-refractivity contribution in [3.05, 3.63) is 75.4 Å². The van der Waals surface area contributed by atoms with E-state index in [4.69, 9.17) is 11.6 Å². The molecular formula is C19H11ClF3N5O2S. The van der Waals surface area contributed by atoms with Gasteiger partial charge in [0, 0.05) is 6.07 Å². The lowest BCUT2D eigenvalue weighted by molar-refractivity contribution is -0.113. The minimum absolute atomic E-state index is 0.0223. The largest absolute Gasteiger partial charge is 0.324 e. The maximum atomic E-state index is 13.8. The Morgan fingerprint density at radius 3 is 2.71 bits per heavy atom. The highest BCUT2D eigenvalue weighted by atomic mass is 35.5. The first kappa shape index (κ1) is 20.9. The molecule has 4 rings (SSSR count). The molecule has 0 saturated heterocycles. The molecule has 2 aromatic heterocycles. The number of thioether (sulfide) groups is 1. The van der Waals surface area contributed by atoms with E-state index in [-0.39, 0.29) is 38.3 Å². The molecule has 0 radical (unpaired) electrons. The molecule has 0 fully saturated rings. The van der Waals surface area contributed by atoms with Crippen molar-refractivity contribution in [3.63, 3.8) is 0 Å². The van der Waals surface area contributed by atoms with E-state index in [1.54, 1.807) is 0 Å². The Morgan fingerprint density at radius 2 is 1.97 bits per heavy atom. The van der Waals surface area contributed by atoms with Crippen LogP contribution in [0.3, 0.4) is 0 Å². The molecule has 0 spiro atoms. The Labute approximate surface area is 181 Å². The zero-order chi connectivity index (χ0) is 22.1. The Balaban J connectivity index is 1.65. The molecule has 0 saturated carbocycles. The van der Waals surface area contributed by atoms with Gasteiger partial charge in [0.25, 0.3) is 5.56 Å². The third-order valence-electron chi connectivity index (χ3n) is 4.15. The molecule has 0 aliphatic heterocycles. The van der Waals surface area contributed by atoms with E-state index in [2.05, 4.69) is 20.5 Å². The van der Waals surface area contributed by atoms with Crippen LogP contribution in [0.2, 0.25) is 5.02 Å². The highest BCUT2D eigenvalue weighted by Crippen LogP contribution is 2.24. The van der Waals surface area contributed by atoms with Crippen LogP contribution >= 0.6 is 23.4 Å². The van der Waals surface area contributed by atoms with Crippen molar-refractivity contribution in [2.45, 2.75) is 5.16 Å². The molecular weight excluding hydrogens is 455 g/mol. The van der Waals surface area contributed by atoms with E-state index in [0.29, 0.717) is 0 Å². The lowest BCUT2D eigenvalue weighted by Gasteiger charge is -2.12. The van der Waals surface area contributed by atoms with Crippen molar-refractivity contribution in [2.24, 2.45) is 0 Å².